The molecule has 12 heavy (non-hydrogen) atoms. The molecule has 0 radical (unpaired) electrons. The van der Waals surface area contributed by atoms with E-state index in [1.54, 1.807) is 6.20 Å². The maximum atomic E-state index is 5.26. The molecule has 0 fully saturated rings. The summed E-state index contributed by atoms with van der Waals surface area (Å²) in [6, 6.07) is 3.93. The Morgan fingerprint density at radius 2 is 2.50 bits per heavy atom. The first-order valence-corrected chi connectivity index (χ1v) is 4.12. The molecule has 0 spiro atoms. The van der Waals surface area contributed by atoms with Gasteiger partial charge < -0.3 is 11.1 Å². The Morgan fingerprint density at radius 1 is 1.67 bits per heavy atom. The Morgan fingerprint density at radius 3 is 3.08 bits per heavy atom. The minimum absolute atomic E-state index is 0.346. The number of hydrogen-bond acceptors (Lipinski definition) is 2. The van der Waals surface area contributed by atoms with E-state index in [0.29, 0.717) is 5.11 Å². The molecular weight excluding hydrogens is 170 g/mol. The van der Waals surface area contributed by atoms with Crippen molar-refractivity contribution in [2.45, 2.75) is 6.42 Å². The third-order valence-corrected chi connectivity index (χ3v) is 1.58. The number of aromatic nitrogens is 1. The molecule has 0 aliphatic rings. The number of thiocarbonyl (C=S) groups is 1. The summed E-state index contributed by atoms with van der Waals surface area (Å²) in [4.78, 5) is 3.99. The van der Waals surface area contributed by atoms with Crippen molar-refractivity contribution < 1.29 is 0 Å². The zero-order chi connectivity index (χ0) is 8.81. The molecule has 0 saturated carbocycles. The van der Waals surface area contributed by atoms with Crippen molar-refractivity contribution in [3.63, 3.8) is 0 Å². The van der Waals surface area contributed by atoms with Gasteiger partial charge in [0.1, 0.15) is 0 Å². The van der Waals surface area contributed by atoms with Crippen molar-refractivity contribution in [3.05, 3.63) is 30.1 Å². The zero-order valence-corrected chi connectivity index (χ0v) is 7.47. The van der Waals surface area contributed by atoms with E-state index < -0.39 is 0 Å². The second kappa shape index (κ2) is 4.66. The molecule has 0 bridgehead atoms. The van der Waals surface area contributed by atoms with Gasteiger partial charge in [-0.25, -0.2) is 0 Å². The average Bonchev–Trinajstić information content (AvgIpc) is 2.05. The summed E-state index contributed by atoms with van der Waals surface area (Å²) < 4.78 is 0. The van der Waals surface area contributed by atoms with Gasteiger partial charge in [-0.1, -0.05) is 6.07 Å². The van der Waals surface area contributed by atoms with Crippen molar-refractivity contribution in [2.75, 3.05) is 6.54 Å². The van der Waals surface area contributed by atoms with Gasteiger partial charge >= 0.3 is 0 Å². The van der Waals surface area contributed by atoms with Crippen LogP contribution in [0.1, 0.15) is 5.56 Å². The zero-order valence-electron chi connectivity index (χ0n) is 6.66. The lowest BCUT2D eigenvalue weighted by atomic mass is 10.2. The maximum Gasteiger partial charge on any atom is 0.163 e. The van der Waals surface area contributed by atoms with Gasteiger partial charge in [0.2, 0.25) is 0 Å². The fourth-order valence-corrected chi connectivity index (χ4v) is 0.978. The highest BCUT2D eigenvalue weighted by Crippen LogP contribution is 1.94. The third-order valence-electron chi connectivity index (χ3n) is 1.44. The van der Waals surface area contributed by atoms with Gasteiger partial charge in [-0.3, -0.25) is 4.98 Å². The normalized spacial score (nSPS) is 9.33. The maximum absolute atomic E-state index is 5.26. The van der Waals surface area contributed by atoms with Gasteiger partial charge in [0.05, 0.1) is 0 Å². The molecule has 0 amide bonds. The third kappa shape index (κ3) is 3.30. The highest BCUT2D eigenvalue weighted by atomic mass is 32.1. The Labute approximate surface area is 77.0 Å². The van der Waals surface area contributed by atoms with Crippen molar-refractivity contribution in [2.24, 2.45) is 5.73 Å². The molecule has 1 aromatic rings. The van der Waals surface area contributed by atoms with Crippen molar-refractivity contribution in [1.29, 1.82) is 0 Å². The molecule has 3 nitrogen and oxygen atoms in total. The van der Waals surface area contributed by atoms with Gasteiger partial charge in [0, 0.05) is 18.9 Å². The average molecular weight is 181 g/mol. The molecule has 64 valence electrons. The number of hydrogen-bond donors (Lipinski definition) is 2. The largest absolute Gasteiger partial charge is 0.376 e. The number of nitrogens with one attached hydrogen (secondary N) is 1. The van der Waals surface area contributed by atoms with Gasteiger partial charge in [-0.15, -0.1) is 0 Å². The molecule has 1 heterocycles. The molecule has 0 atom stereocenters. The highest BCUT2D eigenvalue weighted by molar-refractivity contribution is 7.80. The van der Waals surface area contributed by atoms with E-state index >= 15 is 0 Å². The molecule has 0 aliphatic heterocycles. The second-order valence-corrected chi connectivity index (χ2v) is 2.84. The lowest BCUT2D eigenvalue weighted by Crippen LogP contribution is -2.30. The van der Waals surface area contributed by atoms with Crippen LogP contribution in [0.5, 0.6) is 0 Å². The first-order chi connectivity index (χ1) is 5.79. The monoisotopic (exact) mass is 181 g/mol. The van der Waals surface area contributed by atoms with E-state index in [9.17, 15) is 0 Å². The minimum atomic E-state index is 0.346. The Bertz CT molecular complexity index is 248. The predicted octanol–water partition coefficient (Wildman–Crippen LogP) is 0.457. The molecule has 4 heteroatoms. The van der Waals surface area contributed by atoms with E-state index in [1.807, 2.05) is 18.3 Å². The van der Waals surface area contributed by atoms with E-state index in [1.165, 1.54) is 5.56 Å². The van der Waals surface area contributed by atoms with E-state index in [0.717, 1.165) is 13.0 Å². The van der Waals surface area contributed by atoms with Crippen LogP contribution in [0.25, 0.3) is 0 Å². The molecular formula is C8H11N3S. The first kappa shape index (κ1) is 8.93. The van der Waals surface area contributed by atoms with E-state index in [2.05, 4.69) is 22.5 Å². The fraction of sp³-hybridized carbons (Fsp3) is 0.250. The summed E-state index contributed by atoms with van der Waals surface area (Å²) in [6.45, 7) is 0.765. The second-order valence-electron chi connectivity index (χ2n) is 2.40. The van der Waals surface area contributed by atoms with Crippen molar-refractivity contribution >= 4 is 17.3 Å². The highest BCUT2D eigenvalue weighted by Gasteiger charge is 1.91. The van der Waals surface area contributed by atoms with Crippen LogP contribution in [0, 0.1) is 0 Å². The number of nitrogens with two attached hydrogens (primary N) is 1. The van der Waals surface area contributed by atoms with Crippen LogP contribution >= 0.6 is 12.2 Å². The molecule has 0 aromatic carbocycles. The fourth-order valence-electron chi connectivity index (χ4n) is 0.876. The number of nitrogens with zero attached hydrogens (tertiary/aromatic N) is 1. The predicted molar refractivity (Wildman–Crippen MR) is 52.7 cm³/mol. The Balaban J connectivity index is 2.29. The summed E-state index contributed by atoms with van der Waals surface area (Å²) in [5.41, 5.74) is 6.44. The lowest BCUT2D eigenvalue weighted by Gasteiger charge is -2.02. The summed E-state index contributed by atoms with van der Waals surface area (Å²) in [6.07, 6.45) is 4.48. The molecule has 3 N–H and O–H groups in total. The molecule has 0 saturated heterocycles. The number of pyridine rings is 1. The van der Waals surface area contributed by atoms with Gasteiger partial charge in [-0.05, 0) is 30.3 Å². The van der Waals surface area contributed by atoms with Gasteiger partial charge in [-0.2, -0.15) is 0 Å². The van der Waals surface area contributed by atoms with Crippen molar-refractivity contribution in [3.8, 4) is 0 Å². The molecule has 1 aromatic heterocycles. The molecule has 1 rings (SSSR count). The smallest absolute Gasteiger partial charge is 0.163 e. The van der Waals surface area contributed by atoms with Gasteiger partial charge in [0.25, 0.3) is 0 Å². The van der Waals surface area contributed by atoms with Crippen molar-refractivity contribution in [1.82, 2.24) is 10.3 Å². The first-order valence-electron chi connectivity index (χ1n) is 3.71. The topological polar surface area (TPSA) is 50.9 Å². The summed E-state index contributed by atoms with van der Waals surface area (Å²) in [5.74, 6) is 0. The van der Waals surface area contributed by atoms with Gasteiger partial charge in [0.15, 0.2) is 5.11 Å². The van der Waals surface area contributed by atoms with Crippen LogP contribution in [0.2, 0.25) is 0 Å². The Kier molecular flexibility index (Phi) is 3.47. The van der Waals surface area contributed by atoms with Crippen LogP contribution in [0.4, 0.5) is 0 Å². The standard InChI is InChI=1S/C8H11N3S/c9-8(12)11-5-3-7-2-1-4-10-6-7/h1-2,4,6H,3,5H2,(H3,9,11,12). The van der Waals surface area contributed by atoms with Crippen LogP contribution in [0.3, 0.4) is 0 Å². The summed E-state index contributed by atoms with van der Waals surface area (Å²) >= 11 is 4.66. The van der Waals surface area contributed by atoms with Crippen LogP contribution in [0.15, 0.2) is 24.5 Å². The SMILES string of the molecule is NC(=S)NCCc1cccnc1. The van der Waals surface area contributed by atoms with E-state index in [-0.39, 0.29) is 0 Å². The summed E-state index contributed by atoms with van der Waals surface area (Å²) in [7, 11) is 0. The lowest BCUT2D eigenvalue weighted by molar-refractivity contribution is 0.865. The molecule has 0 unspecified atom stereocenters. The van der Waals surface area contributed by atoms with Crippen LogP contribution in [-0.2, 0) is 6.42 Å². The molecule has 0 aliphatic carbocycles. The number of rotatable bonds is 3. The minimum Gasteiger partial charge on any atom is -0.376 e. The van der Waals surface area contributed by atoms with E-state index in [4.69, 9.17) is 5.73 Å². The summed E-state index contributed by atoms with van der Waals surface area (Å²) in [5, 5.41) is 3.22. The quantitative estimate of drug-likeness (QED) is 0.665. The van der Waals surface area contributed by atoms with Crippen LogP contribution < -0.4 is 11.1 Å². The Hall–Kier alpha value is -1.16. The van der Waals surface area contributed by atoms with Crippen LogP contribution in [-0.4, -0.2) is 16.6 Å².